The first kappa shape index (κ1) is 13.8. The van der Waals surface area contributed by atoms with E-state index in [1.54, 1.807) is 6.92 Å². The maximum Gasteiger partial charge on any atom is 0.355 e. The summed E-state index contributed by atoms with van der Waals surface area (Å²) in [7, 11) is 0. The van der Waals surface area contributed by atoms with Gasteiger partial charge in [0, 0.05) is 10.0 Å². The number of rotatable bonds is 4. The standard InChI is InChI=1S/C12H16INO4/c1-3-4-18-12(17)10-7(13)5-8-9(6(2)15)11(16)14(8)10/h6,8-9,15H,3-5H2,1-2H3. The van der Waals surface area contributed by atoms with Crippen LogP contribution in [0.2, 0.25) is 0 Å². The number of fused-ring (bicyclic) bond motifs is 1. The molecule has 3 atom stereocenters. The summed E-state index contributed by atoms with van der Waals surface area (Å²) in [5.74, 6) is -0.988. The Morgan fingerprint density at radius 3 is 2.89 bits per heavy atom. The molecular weight excluding hydrogens is 349 g/mol. The van der Waals surface area contributed by atoms with Gasteiger partial charge in [-0.1, -0.05) is 6.92 Å². The van der Waals surface area contributed by atoms with Crippen molar-refractivity contribution in [3.8, 4) is 0 Å². The number of ether oxygens (including phenoxy) is 1. The van der Waals surface area contributed by atoms with E-state index in [1.165, 1.54) is 4.90 Å². The number of aliphatic hydroxyl groups excluding tert-OH is 1. The predicted octanol–water partition coefficient (Wildman–Crippen LogP) is 1.20. The summed E-state index contributed by atoms with van der Waals surface area (Å²) >= 11 is 2.08. The zero-order valence-electron chi connectivity index (χ0n) is 10.4. The summed E-state index contributed by atoms with van der Waals surface area (Å²) in [6.45, 7) is 3.89. The van der Waals surface area contributed by atoms with Crippen molar-refractivity contribution in [2.75, 3.05) is 6.61 Å². The Morgan fingerprint density at radius 2 is 2.33 bits per heavy atom. The second-order valence-corrected chi connectivity index (χ2v) is 5.94. The highest BCUT2D eigenvalue weighted by Crippen LogP contribution is 2.45. The Bertz CT molecular complexity index is 418. The minimum absolute atomic E-state index is 0.0754. The Balaban J connectivity index is 2.12. The number of hydrogen-bond donors (Lipinski definition) is 1. The molecule has 2 rings (SSSR count). The fourth-order valence-electron chi connectivity index (χ4n) is 2.47. The smallest absolute Gasteiger partial charge is 0.355 e. The molecule has 0 aromatic heterocycles. The van der Waals surface area contributed by atoms with E-state index in [0.29, 0.717) is 18.7 Å². The molecule has 6 heteroatoms. The number of hydrogen-bond acceptors (Lipinski definition) is 4. The van der Waals surface area contributed by atoms with E-state index in [4.69, 9.17) is 4.74 Å². The number of amides is 1. The normalized spacial score (nSPS) is 28.0. The molecule has 1 N–H and O–H groups in total. The van der Waals surface area contributed by atoms with Crippen LogP contribution in [0.3, 0.4) is 0 Å². The molecule has 2 aliphatic rings. The first-order valence-corrected chi connectivity index (χ1v) is 7.13. The van der Waals surface area contributed by atoms with Gasteiger partial charge in [0.25, 0.3) is 0 Å². The van der Waals surface area contributed by atoms with Gasteiger partial charge in [0.15, 0.2) is 0 Å². The third kappa shape index (κ3) is 2.05. The Hall–Kier alpha value is -0.630. The fourth-order valence-corrected chi connectivity index (χ4v) is 3.40. The zero-order chi connectivity index (χ0) is 13.4. The maximum absolute atomic E-state index is 11.9. The molecule has 1 fully saturated rings. The molecule has 100 valence electrons. The molecule has 0 aromatic rings. The molecule has 0 aliphatic carbocycles. The molecule has 0 aromatic carbocycles. The van der Waals surface area contributed by atoms with E-state index >= 15 is 0 Å². The maximum atomic E-state index is 11.9. The Kier molecular flexibility index (Phi) is 3.96. The molecular formula is C12H16INO4. The van der Waals surface area contributed by atoms with Crippen LogP contribution in [-0.4, -0.2) is 40.6 Å². The lowest BCUT2D eigenvalue weighted by atomic mass is 9.83. The first-order valence-electron chi connectivity index (χ1n) is 6.06. The van der Waals surface area contributed by atoms with Crippen LogP contribution in [0.15, 0.2) is 9.28 Å². The number of halogens is 1. The summed E-state index contributed by atoms with van der Waals surface area (Å²) < 4.78 is 5.93. The number of carbonyl (C=O) groups excluding carboxylic acids is 2. The van der Waals surface area contributed by atoms with Crippen LogP contribution in [-0.2, 0) is 14.3 Å². The summed E-state index contributed by atoms with van der Waals surface area (Å²) in [5, 5.41) is 9.56. The molecule has 3 unspecified atom stereocenters. The summed E-state index contributed by atoms with van der Waals surface area (Å²) in [5.41, 5.74) is 0.371. The minimum atomic E-state index is -0.672. The lowest BCUT2D eigenvalue weighted by Gasteiger charge is -2.44. The van der Waals surface area contributed by atoms with Gasteiger partial charge < -0.3 is 14.7 Å². The highest BCUT2D eigenvalue weighted by molar-refractivity contribution is 14.1. The molecule has 0 bridgehead atoms. The predicted molar refractivity (Wildman–Crippen MR) is 72.7 cm³/mol. The van der Waals surface area contributed by atoms with Crippen LogP contribution in [0.25, 0.3) is 0 Å². The van der Waals surface area contributed by atoms with Gasteiger partial charge in [0.1, 0.15) is 5.70 Å². The molecule has 5 nitrogen and oxygen atoms in total. The SMILES string of the molecule is CCCOC(=O)C1=C(I)CC2C(C(C)O)C(=O)N12. The average Bonchev–Trinajstić information content (AvgIpc) is 2.59. The number of esters is 1. The number of aliphatic hydroxyl groups is 1. The van der Waals surface area contributed by atoms with Crippen molar-refractivity contribution in [1.29, 1.82) is 0 Å². The van der Waals surface area contributed by atoms with Gasteiger partial charge in [0.2, 0.25) is 5.91 Å². The van der Waals surface area contributed by atoms with Gasteiger partial charge in [-0.2, -0.15) is 0 Å². The average molecular weight is 365 g/mol. The second-order valence-electron chi connectivity index (χ2n) is 4.64. The van der Waals surface area contributed by atoms with Crippen LogP contribution in [0.5, 0.6) is 0 Å². The Morgan fingerprint density at radius 1 is 1.67 bits per heavy atom. The number of β-lactam (4-membered cyclic amide) rings is 1. The highest BCUT2D eigenvalue weighted by Gasteiger charge is 2.56. The molecule has 1 amide bonds. The van der Waals surface area contributed by atoms with Crippen molar-refractivity contribution < 1.29 is 19.4 Å². The number of carbonyl (C=O) groups is 2. The lowest BCUT2D eigenvalue weighted by molar-refractivity contribution is -0.162. The molecule has 2 heterocycles. The van der Waals surface area contributed by atoms with Gasteiger partial charge >= 0.3 is 5.97 Å². The van der Waals surface area contributed by atoms with Crippen molar-refractivity contribution >= 4 is 34.5 Å². The van der Waals surface area contributed by atoms with Crippen molar-refractivity contribution in [3.05, 3.63) is 9.28 Å². The van der Waals surface area contributed by atoms with Crippen molar-refractivity contribution in [1.82, 2.24) is 4.90 Å². The van der Waals surface area contributed by atoms with Crippen molar-refractivity contribution in [3.63, 3.8) is 0 Å². The Labute approximate surface area is 119 Å². The van der Waals surface area contributed by atoms with E-state index in [9.17, 15) is 14.7 Å². The first-order chi connectivity index (χ1) is 8.49. The molecule has 1 saturated heterocycles. The van der Waals surface area contributed by atoms with E-state index in [-0.39, 0.29) is 17.9 Å². The molecule has 0 spiro atoms. The summed E-state index contributed by atoms with van der Waals surface area (Å²) in [4.78, 5) is 25.3. The third-order valence-electron chi connectivity index (χ3n) is 3.31. The van der Waals surface area contributed by atoms with Crippen LogP contribution >= 0.6 is 22.6 Å². The van der Waals surface area contributed by atoms with E-state index in [1.807, 2.05) is 6.92 Å². The van der Waals surface area contributed by atoms with Crippen LogP contribution < -0.4 is 0 Å². The monoisotopic (exact) mass is 365 g/mol. The summed E-state index contributed by atoms with van der Waals surface area (Å²) in [6, 6.07) is -0.0754. The van der Waals surface area contributed by atoms with E-state index in [0.717, 1.165) is 10.0 Å². The van der Waals surface area contributed by atoms with Gasteiger partial charge in [-0.25, -0.2) is 4.79 Å². The zero-order valence-corrected chi connectivity index (χ0v) is 12.5. The summed E-state index contributed by atoms with van der Waals surface area (Å²) in [6.07, 6.45) is 0.718. The van der Waals surface area contributed by atoms with Crippen LogP contribution in [0.1, 0.15) is 26.7 Å². The van der Waals surface area contributed by atoms with Gasteiger partial charge in [-0.05, 0) is 35.9 Å². The van der Waals surface area contributed by atoms with E-state index < -0.39 is 12.1 Å². The quantitative estimate of drug-likeness (QED) is 0.462. The van der Waals surface area contributed by atoms with Crippen LogP contribution in [0, 0.1) is 5.92 Å². The topological polar surface area (TPSA) is 66.8 Å². The van der Waals surface area contributed by atoms with Crippen molar-refractivity contribution in [2.45, 2.75) is 38.8 Å². The number of nitrogens with zero attached hydrogens (tertiary/aromatic N) is 1. The fraction of sp³-hybridized carbons (Fsp3) is 0.667. The molecule has 0 radical (unpaired) electrons. The van der Waals surface area contributed by atoms with E-state index in [2.05, 4.69) is 22.6 Å². The van der Waals surface area contributed by atoms with Gasteiger partial charge in [-0.3, -0.25) is 4.79 Å². The van der Waals surface area contributed by atoms with Gasteiger partial charge in [0.05, 0.1) is 24.7 Å². The second kappa shape index (κ2) is 5.16. The molecule has 2 aliphatic heterocycles. The highest BCUT2D eigenvalue weighted by atomic mass is 127. The van der Waals surface area contributed by atoms with Crippen LogP contribution in [0.4, 0.5) is 0 Å². The minimum Gasteiger partial charge on any atom is -0.461 e. The third-order valence-corrected chi connectivity index (χ3v) is 4.26. The van der Waals surface area contributed by atoms with Gasteiger partial charge in [-0.15, -0.1) is 0 Å². The van der Waals surface area contributed by atoms with Crippen molar-refractivity contribution in [2.24, 2.45) is 5.92 Å². The molecule has 0 saturated carbocycles. The largest absolute Gasteiger partial charge is 0.461 e. The lowest BCUT2D eigenvalue weighted by Crippen LogP contribution is -2.61. The molecule has 18 heavy (non-hydrogen) atoms.